The molecule has 0 fully saturated rings. The van der Waals surface area contributed by atoms with E-state index in [-0.39, 0.29) is 5.84 Å². The van der Waals surface area contributed by atoms with Crippen LogP contribution in [0.4, 0.5) is 13.2 Å². The molecular formula is C11H10F3N3. The number of nitrogens with zero attached hydrogens (tertiary/aromatic N) is 3. The fraction of sp³-hybridized carbons (Fsp3) is 0.364. The molecule has 2 rings (SSSR count). The Bertz CT molecular complexity index is 472. The lowest BCUT2D eigenvalue weighted by Crippen LogP contribution is -2.23. The van der Waals surface area contributed by atoms with Gasteiger partial charge in [-0.15, -0.1) is 0 Å². The van der Waals surface area contributed by atoms with E-state index in [4.69, 9.17) is 0 Å². The first-order valence-corrected chi connectivity index (χ1v) is 5.15. The van der Waals surface area contributed by atoms with Crippen molar-refractivity contribution in [1.82, 2.24) is 4.98 Å². The molecule has 0 bridgehead atoms. The molecule has 0 unspecified atom stereocenters. The van der Waals surface area contributed by atoms with Gasteiger partial charge in [-0.3, -0.25) is 9.98 Å². The van der Waals surface area contributed by atoms with Crippen LogP contribution in [0.2, 0.25) is 0 Å². The fourth-order valence-electron chi connectivity index (χ4n) is 1.41. The SMILES string of the molecule is CCc1ccc(C2=NCC(C(F)(F)F)=N2)nc1. The van der Waals surface area contributed by atoms with Gasteiger partial charge in [0.15, 0.2) is 5.84 Å². The molecule has 6 heteroatoms. The smallest absolute Gasteiger partial charge is 0.258 e. The Morgan fingerprint density at radius 3 is 2.53 bits per heavy atom. The van der Waals surface area contributed by atoms with Crippen LogP contribution in [0.15, 0.2) is 28.3 Å². The highest BCUT2D eigenvalue weighted by molar-refractivity contribution is 6.12. The van der Waals surface area contributed by atoms with Gasteiger partial charge in [-0.25, -0.2) is 4.99 Å². The minimum Gasteiger partial charge on any atom is -0.258 e. The van der Waals surface area contributed by atoms with Gasteiger partial charge in [0.1, 0.15) is 11.4 Å². The second-order valence-corrected chi connectivity index (χ2v) is 3.60. The molecule has 17 heavy (non-hydrogen) atoms. The molecule has 0 aliphatic carbocycles. The van der Waals surface area contributed by atoms with E-state index >= 15 is 0 Å². The van der Waals surface area contributed by atoms with Crippen molar-refractivity contribution >= 4 is 11.5 Å². The maximum atomic E-state index is 12.3. The molecule has 0 amide bonds. The number of aromatic nitrogens is 1. The zero-order valence-electron chi connectivity index (χ0n) is 9.12. The van der Waals surface area contributed by atoms with E-state index in [9.17, 15) is 13.2 Å². The molecule has 90 valence electrons. The van der Waals surface area contributed by atoms with Gasteiger partial charge in [0.05, 0.1) is 6.54 Å². The number of hydrogen-bond donors (Lipinski definition) is 0. The number of alkyl halides is 3. The van der Waals surface area contributed by atoms with Crippen molar-refractivity contribution < 1.29 is 13.2 Å². The summed E-state index contributed by atoms with van der Waals surface area (Å²) in [6.07, 6.45) is -1.95. The topological polar surface area (TPSA) is 37.6 Å². The number of aryl methyl sites for hydroxylation is 1. The third-order valence-electron chi connectivity index (χ3n) is 2.41. The van der Waals surface area contributed by atoms with Crippen LogP contribution in [0.1, 0.15) is 18.2 Å². The van der Waals surface area contributed by atoms with Gasteiger partial charge in [-0.1, -0.05) is 13.0 Å². The Morgan fingerprint density at radius 2 is 2.06 bits per heavy atom. The molecule has 0 spiro atoms. The van der Waals surface area contributed by atoms with Crippen molar-refractivity contribution in [1.29, 1.82) is 0 Å². The molecule has 2 heterocycles. The van der Waals surface area contributed by atoms with Crippen LogP contribution in [0.5, 0.6) is 0 Å². The van der Waals surface area contributed by atoms with Gasteiger partial charge in [-0.2, -0.15) is 13.2 Å². The summed E-state index contributed by atoms with van der Waals surface area (Å²) in [5, 5.41) is 0. The van der Waals surface area contributed by atoms with Crippen molar-refractivity contribution in [2.45, 2.75) is 19.5 Å². The first-order chi connectivity index (χ1) is 8.00. The first kappa shape index (κ1) is 11.8. The zero-order chi connectivity index (χ0) is 12.5. The van der Waals surface area contributed by atoms with Gasteiger partial charge >= 0.3 is 6.18 Å². The van der Waals surface area contributed by atoms with E-state index in [1.807, 2.05) is 13.0 Å². The molecule has 0 radical (unpaired) electrons. The second-order valence-electron chi connectivity index (χ2n) is 3.60. The molecule has 1 aromatic heterocycles. The van der Waals surface area contributed by atoms with E-state index in [0.29, 0.717) is 5.69 Å². The molecule has 1 aliphatic heterocycles. The summed E-state index contributed by atoms with van der Waals surface area (Å²) in [7, 11) is 0. The van der Waals surface area contributed by atoms with E-state index in [2.05, 4.69) is 15.0 Å². The number of amidine groups is 1. The van der Waals surface area contributed by atoms with Crippen LogP contribution in [-0.4, -0.2) is 29.3 Å². The molecule has 0 aromatic carbocycles. The van der Waals surface area contributed by atoms with Crippen molar-refractivity contribution in [3.63, 3.8) is 0 Å². The Labute approximate surface area is 96.1 Å². The maximum absolute atomic E-state index is 12.3. The molecule has 1 aliphatic rings. The quantitative estimate of drug-likeness (QED) is 0.783. The Hall–Kier alpha value is -1.72. The summed E-state index contributed by atoms with van der Waals surface area (Å²) in [4.78, 5) is 11.2. The maximum Gasteiger partial charge on any atom is 0.431 e. The lowest BCUT2D eigenvalue weighted by molar-refractivity contribution is -0.0592. The summed E-state index contributed by atoms with van der Waals surface area (Å²) >= 11 is 0. The van der Waals surface area contributed by atoms with E-state index in [1.165, 1.54) is 0 Å². The molecule has 0 saturated carbocycles. The number of hydrogen-bond acceptors (Lipinski definition) is 3. The highest BCUT2D eigenvalue weighted by Crippen LogP contribution is 2.21. The van der Waals surface area contributed by atoms with Crippen LogP contribution < -0.4 is 0 Å². The van der Waals surface area contributed by atoms with Crippen molar-refractivity contribution in [3.05, 3.63) is 29.6 Å². The number of aliphatic imine (C=N–C) groups is 2. The summed E-state index contributed by atoms with van der Waals surface area (Å²) in [6.45, 7) is 1.56. The summed E-state index contributed by atoms with van der Waals surface area (Å²) in [5.74, 6) is 0.0555. The van der Waals surface area contributed by atoms with Gasteiger partial charge in [0.2, 0.25) is 0 Å². The largest absolute Gasteiger partial charge is 0.431 e. The fourth-order valence-corrected chi connectivity index (χ4v) is 1.41. The minimum atomic E-state index is -4.41. The van der Waals surface area contributed by atoms with Crippen LogP contribution >= 0.6 is 0 Å². The average Bonchev–Trinajstić information content (AvgIpc) is 2.78. The van der Waals surface area contributed by atoms with Gasteiger partial charge in [0, 0.05) is 6.20 Å². The zero-order valence-corrected chi connectivity index (χ0v) is 9.12. The van der Waals surface area contributed by atoms with Crippen LogP contribution in [0, 0.1) is 0 Å². The summed E-state index contributed by atoms with van der Waals surface area (Å²) in [5.41, 5.74) is 0.530. The first-order valence-electron chi connectivity index (χ1n) is 5.15. The van der Waals surface area contributed by atoms with Crippen molar-refractivity contribution in [2.75, 3.05) is 6.54 Å². The Morgan fingerprint density at radius 1 is 1.29 bits per heavy atom. The van der Waals surface area contributed by atoms with Gasteiger partial charge < -0.3 is 0 Å². The molecule has 0 saturated heterocycles. The van der Waals surface area contributed by atoms with Crippen LogP contribution in [0.3, 0.4) is 0 Å². The summed E-state index contributed by atoms with van der Waals surface area (Å²) in [6, 6.07) is 3.45. The highest BCUT2D eigenvalue weighted by atomic mass is 19.4. The van der Waals surface area contributed by atoms with Crippen molar-refractivity contribution in [3.8, 4) is 0 Å². The number of pyridine rings is 1. The van der Waals surface area contributed by atoms with Gasteiger partial charge in [0.25, 0.3) is 0 Å². The second kappa shape index (κ2) is 4.27. The van der Waals surface area contributed by atoms with E-state index in [0.717, 1.165) is 12.0 Å². The predicted octanol–water partition coefficient (Wildman–Crippen LogP) is 2.41. The minimum absolute atomic E-state index is 0.0555. The van der Waals surface area contributed by atoms with Gasteiger partial charge in [-0.05, 0) is 18.1 Å². The lowest BCUT2D eigenvalue weighted by atomic mass is 10.2. The summed E-state index contributed by atoms with van der Waals surface area (Å²) < 4.78 is 37.0. The van der Waals surface area contributed by atoms with Crippen molar-refractivity contribution in [2.24, 2.45) is 9.98 Å². The third-order valence-corrected chi connectivity index (χ3v) is 2.41. The molecule has 3 nitrogen and oxygen atoms in total. The standard InChI is InChI=1S/C11H10F3N3/c1-2-7-3-4-8(15-5-7)10-16-6-9(17-10)11(12,13)14/h3-5H,2,6H2,1H3. The lowest BCUT2D eigenvalue weighted by Gasteiger charge is -2.02. The number of halogens is 3. The molecular weight excluding hydrogens is 231 g/mol. The molecule has 0 atom stereocenters. The van der Waals surface area contributed by atoms with Crippen LogP contribution in [-0.2, 0) is 6.42 Å². The Balaban J connectivity index is 2.22. The normalized spacial score (nSPS) is 15.8. The monoisotopic (exact) mass is 241 g/mol. The Kier molecular flexibility index (Phi) is 2.95. The third kappa shape index (κ3) is 2.51. The predicted molar refractivity (Wildman–Crippen MR) is 58.5 cm³/mol. The number of rotatable bonds is 2. The average molecular weight is 241 g/mol. The molecule has 1 aromatic rings. The molecule has 0 N–H and O–H groups in total. The van der Waals surface area contributed by atoms with E-state index < -0.39 is 18.4 Å². The highest BCUT2D eigenvalue weighted by Gasteiger charge is 2.37. The van der Waals surface area contributed by atoms with E-state index in [1.54, 1.807) is 12.3 Å². The van der Waals surface area contributed by atoms with Crippen LogP contribution in [0.25, 0.3) is 0 Å².